The smallest absolute Gasteiger partial charge is 0.307 e. The second-order valence-corrected chi connectivity index (χ2v) is 8.18. The standard InChI is InChI=1S/C18H26FN3O4/c1-10-5-13(26-20-10)9-22-7-11(19)6-12(22)8-21(4)16(23)14-15(17(24)25)18(14,2)3/h5,11-12,14-15H,6-9H2,1-4H3,(H,24,25)/t11-,12-,14-,15+/m0/s1. The molecule has 2 heterocycles. The highest BCUT2D eigenvalue weighted by Gasteiger charge is 2.66. The summed E-state index contributed by atoms with van der Waals surface area (Å²) in [5.41, 5.74) is 0.238. The van der Waals surface area contributed by atoms with E-state index in [2.05, 4.69) is 5.16 Å². The van der Waals surface area contributed by atoms with Crippen molar-refractivity contribution in [2.24, 2.45) is 17.3 Å². The summed E-state index contributed by atoms with van der Waals surface area (Å²) < 4.78 is 19.2. The first-order valence-electron chi connectivity index (χ1n) is 8.89. The molecule has 2 fully saturated rings. The summed E-state index contributed by atoms with van der Waals surface area (Å²) in [4.78, 5) is 27.5. The molecule has 0 aromatic carbocycles. The molecule has 26 heavy (non-hydrogen) atoms. The summed E-state index contributed by atoms with van der Waals surface area (Å²) in [7, 11) is 1.66. The average Bonchev–Trinajstić information content (AvgIpc) is 2.81. The average molecular weight is 367 g/mol. The number of aromatic nitrogens is 1. The lowest BCUT2D eigenvalue weighted by atomic mass is 10.1. The van der Waals surface area contributed by atoms with Crippen LogP contribution in [0.2, 0.25) is 0 Å². The van der Waals surface area contributed by atoms with Crippen LogP contribution in [0.15, 0.2) is 10.6 Å². The highest BCUT2D eigenvalue weighted by atomic mass is 19.1. The van der Waals surface area contributed by atoms with Crippen LogP contribution in [0.4, 0.5) is 4.39 Å². The molecular formula is C18H26FN3O4. The first-order valence-corrected chi connectivity index (χ1v) is 8.89. The van der Waals surface area contributed by atoms with Gasteiger partial charge in [-0.3, -0.25) is 14.5 Å². The summed E-state index contributed by atoms with van der Waals surface area (Å²) in [6, 6.07) is 1.69. The van der Waals surface area contributed by atoms with E-state index in [0.29, 0.717) is 31.8 Å². The molecule has 1 aliphatic heterocycles. The van der Waals surface area contributed by atoms with Crippen molar-refractivity contribution in [3.63, 3.8) is 0 Å². The number of halogens is 1. The maximum atomic E-state index is 14.0. The maximum absolute atomic E-state index is 14.0. The van der Waals surface area contributed by atoms with Crippen LogP contribution in [0, 0.1) is 24.2 Å². The van der Waals surface area contributed by atoms with E-state index >= 15 is 0 Å². The third kappa shape index (κ3) is 3.47. The van der Waals surface area contributed by atoms with E-state index in [9.17, 15) is 19.1 Å². The lowest BCUT2D eigenvalue weighted by Crippen LogP contribution is -2.42. The van der Waals surface area contributed by atoms with Crippen LogP contribution < -0.4 is 0 Å². The Morgan fingerprint density at radius 1 is 1.46 bits per heavy atom. The summed E-state index contributed by atoms with van der Waals surface area (Å²) >= 11 is 0. The number of carboxylic acids is 1. The van der Waals surface area contributed by atoms with Crippen LogP contribution in [-0.2, 0) is 16.1 Å². The number of carboxylic acid groups (broad SMARTS) is 1. The highest BCUT2D eigenvalue weighted by molar-refractivity contribution is 5.91. The first-order chi connectivity index (χ1) is 12.1. The SMILES string of the molecule is Cc1cc(CN2C[C@@H](F)C[C@H]2CN(C)C(=O)[C@@H]2[C@H](C(=O)O)C2(C)C)on1. The monoisotopic (exact) mass is 367 g/mol. The van der Waals surface area contributed by atoms with E-state index in [1.807, 2.05) is 17.9 Å². The van der Waals surface area contributed by atoms with Crippen molar-refractivity contribution >= 4 is 11.9 Å². The molecule has 1 saturated heterocycles. The van der Waals surface area contributed by atoms with Gasteiger partial charge in [0.1, 0.15) is 6.17 Å². The topological polar surface area (TPSA) is 86.9 Å². The molecule has 0 radical (unpaired) electrons. The van der Waals surface area contributed by atoms with Gasteiger partial charge in [-0.05, 0) is 18.8 Å². The van der Waals surface area contributed by atoms with E-state index in [-0.39, 0.29) is 11.9 Å². The zero-order valence-electron chi connectivity index (χ0n) is 15.6. The quantitative estimate of drug-likeness (QED) is 0.824. The number of nitrogens with zero attached hydrogens (tertiary/aromatic N) is 3. The van der Waals surface area contributed by atoms with Crippen LogP contribution in [0.3, 0.4) is 0 Å². The van der Waals surface area contributed by atoms with E-state index in [1.54, 1.807) is 25.8 Å². The van der Waals surface area contributed by atoms with E-state index in [0.717, 1.165) is 5.69 Å². The molecule has 1 amide bonds. The molecule has 1 saturated carbocycles. The zero-order valence-corrected chi connectivity index (χ0v) is 15.6. The maximum Gasteiger partial charge on any atom is 0.307 e. The largest absolute Gasteiger partial charge is 0.481 e. The molecular weight excluding hydrogens is 341 g/mol. The molecule has 1 aromatic rings. The molecule has 3 rings (SSSR count). The second-order valence-electron chi connectivity index (χ2n) is 8.18. The number of carbonyl (C=O) groups is 2. The number of amides is 1. The molecule has 144 valence electrons. The van der Waals surface area contributed by atoms with Crippen LogP contribution in [0.5, 0.6) is 0 Å². The summed E-state index contributed by atoms with van der Waals surface area (Å²) in [6.45, 7) is 6.53. The number of hydrogen-bond acceptors (Lipinski definition) is 5. The fraction of sp³-hybridized carbons (Fsp3) is 0.722. The minimum Gasteiger partial charge on any atom is -0.481 e. The fourth-order valence-corrected chi connectivity index (χ4v) is 4.20. The Morgan fingerprint density at radius 3 is 2.69 bits per heavy atom. The minimum absolute atomic E-state index is 0.130. The van der Waals surface area contributed by atoms with Gasteiger partial charge in [0.2, 0.25) is 5.91 Å². The number of likely N-dealkylation sites (N-methyl/N-ethyl adjacent to an activating group) is 1. The molecule has 1 aliphatic carbocycles. The molecule has 0 spiro atoms. The summed E-state index contributed by atoms with van der Waals surface area (Å²) in [5.74, 6) is -1.61. The number of rotatable bonds is 6. The normalized spacial score (nSPS) is 30.3. The Hall–Kier alpha value is -1.96. The van der Waals surface area contributed by atoms with Gasteiger partial charge < -0.3 is 14.5 Å². The minimum atomic E-state index is -0.948. The summed E-state index contributed by atoms with van der Waals surface area (Å²) in [6.07, 6.45) is -0.599. The van der Waals surface area contributed by atoms with Crippen molar-refractivity contribution in [3.05, 3.63) is 17.5 Å². The molecule has 1 aromatic heterocycles. The second kappa shape index (κ2) is 6.64. The van der Waals surface area contributed by atoms with Gasteiger partial charge in [-0.25, -0.2) is 4.39 Å². The van der Waals surface area contributed by atoms with Gasteiger partial charge in [-0.1, -0.05) is 19.0 Å². The number of likely N-dealkylation sites (tertiary alicyclic amines) is 1. The molecule has 0 unspecified atom stereocenters. The highest BCUT2D eigenvalue weighted by Crippen LogP contribution is 2.58. The molecule has 0 bridgehead atoms. The zero-order chi connectivity index (χ0) is 19.2. The predicted octanol–water partition coefficient (Wildman–Crippen LogP) is 1.71. The first kappa shape index (κ1) is 18.8. The van der Waals surface area contributed by atoms with Crippen molar-refractivity contribution in [3.8, 4) is 0 Å². The molecule has 1 N–H and O–H groups in total. The van der Waals surface area contributed by atoms with Crippen molar-refractivity contribution in [1.29, 1.82) is 0 Å². The molecule has 4 atom stereocenters. The van der Waals surface area contributed by atoms with Gasteiger partial charge in [0, 0.05) is 32.2 Å². The Morgan fingerprint density at radius 2 is 2.15 bits per heavy atom. The predicted molar refractivity (Wildman–Crippen MR) is 91.0 cm³/mol. The number of aryl methyl sites for hydroxylation is 1. The Bertz CT molecular complexity index is 704. The van der Waals surface area contributed by atoms with Crippen molar-refractivity contribution in [2.75, 3.05) is 20.1 Å². The van der Waals surface area contributed by atoms with Gasteiger partial charge >= 0.3 is 5.97 Å². The Balaban J connectivity index is 1.63. The third-order valence-electron chi connectivity index (χ3n) is 5.73. The third-order valence-corrected chi connectivity index (χ3v) is 5.73. The van der Waals surface area contributed by atoms with Crippen molar-refractivity contribution in [1.82, 2.24) is 15.0 Å². The number of aliphatic carboxylic acids is 1. The van der Waals surface area contributed by atoms with Gasteiger partial charge in [-0.2, -0.15) is 0 Å². The molecule has 7 nitrogen and oxygen atoms in total. The van der Waals surface area contributed by atoms with Gasteiger partial charge in [0.25, 0.3) is 0 Å². The lowest BCUT2D eigenvalue weighted by molar-refractivity contribution is -0.141. The molecule has 2 aliphatic rings. The Labute approximate surface area is 152 Å². The van der Waals surface area contributed by atoms with E-state index < -0.39 is 29.4 Å². The fourth-order valence-electron chi connectivity index (χ4n) is 4.20. The van der Waals surface area contributed by atoms with Gasteiger partial charge in [0.05, 0.1) is 24.1 Å². The van der Waals surface area contributed by atoms with Crippen LogP contribution >= 0.6 is 0 Å². The lowest BCUT2D eigenvalue weighted by Gasteiger charge is -2.28. The van der Waals surface area contributed by atoms with E-state index in [1.165, 1.54) is 0 Å². The van der Waals surface area contributed by atoms with Crippen LogP contribution in [0.25, 0.3) is 0 Å². The van der Waals surface area contributed by atoms with E-state index in [4.69, 9.17) is 4.52 Å². The number of alkyl halides is 1. The number of carbonyl (C=O) groups excluding carboxylic acids is 1. The van der Waals surface area contributed by atoms with Crippen molar-refractivity contribution in [2.45, 2.75) is 46.0 Å². The van der Waals surface area contributed by atoms with Crippen molar-refractivity contribution < 1.29 is 23.6 Å². The summed E-state index contributed by atoms with van der Waals surface area (Å²) in [5, 5.41) is 13.1. The van der Waals surface area contributed by atoms with Gasteiger partial charge in [0.15, 0.2) is 5.76 Å². The van der Waals surface area contributed by atoms with Crippen LogP contribution in [-0.4, -0.2) is 64.3 Å². The van der Waals surface area contributed by atoms with Crippen LogP contribution in [0.1, 0.15) is 31.7 Å². The van der Waals surface area contributed by atoms with Gasteiger partial charge in [-0.15, -0.1) is 0 Å². The molecule has 8 heteroatoms. The number of hydrogen-bond donors (Lipinski definition) is 1. The Kier molecular flexibility index (Phi) is 4.81.